The van der Waals surface area contributed by atoms with Crippen molar-refractivity contribution < 1.29 is 4.74 Å². The fourth-order valence-corrected chi connectivity index (χ4v) is 2.74. The third-order valence-corrected chi connectivity index (χ3v) is 3.87. The van der Waals surface area contributed by atoms with E-state index in [9.17, 15) is 0 Å². The van der Waals surface area contributed by atoms with Crippen LogP contribution in [-0.4, -0.2) is 16.5 Å². The molecule has 0 saturated heterocycles. The number of anilines is 1. The molecule has 2 aromatic heterocycles. The molecule has 0 atom stereocenters. The molecular weight excluding hydrogens is 262 g/mol. The number of rotatable bonds is 2. The summed E-state index contributed by atoms with van der Waals surface area (Å²) >= 11 is 0. The Hall–Kier alpha value is -2.49. The molecule has 4 nitrogen and oxygen atoms in total. The average Bonchev–Trinajstić information content (AvgIpc) is 2.79. The largest absolute Gasteiger partial charge is 0.496 e. The second-order valence-corrected chi connectivity index (χ2v) is 5.34. The maximum absolute atomic E-state index is 6.33. The number of pyridine rings is 1. The van der Waals surface area contributed by atoms with Gasteiger partial charge in [0.05, 0.1) is 7.11 Å². The summed E-state index contributed by atoms with van der Waals surface area (Å²) in [5, 5.41) is 0. The van der Waals surface area contributed by atoms with Gasteiger partial charge < -0.3 is 10.5 Å². The van der Waals surface area contributed by atoms with Crippen molar-refractivity contribution in [1.82, 2.24) is 9.38 Å². The van der Waals surface area contributed by atoms with Crippen molar-refractivity contribution in [2.24, 2.45) is 0 Å². The molecule has 0 radical (unpaired) electrons. The van der Waals surface area contributed by atoms with Gasteiger partial charge in [-0.25, -0.2) is 4.98 Å². The fourth-order valence-electron chi connectivity index (χ4n) is 2.74. The quantitative estimate of drug-likeness (QED) is 0.782. The molecule has 0 aliphatic rings. The smallest absolute Gasteiger partial charge is 0.139 e. The van der Waals surface area contributed by atoms with E-state index in [4.69, 9.17) is 15.5 Å². The van der Waals surface area contributed by atoms with Crippen LogP contribution in [0.25, 0.3) is 16.9 Å². The zero-order valence-electron chi connectivity index (χ0n) is 12.8. The summed E-state index contributed by atoms with van der Waals surface area (Å²) in [6.07, 6.45) is 0. The normalized spacial score (nSPS) is 11.0. The fraction of sp³-hybridized carbons (Fsp3) is 0.235. The van der Waals surface area contributed by atoms with Crippen LogP contribution in [0, 0.1) is 20.8 Å². The van der Waals surface area contributed by atoms with Gasteiger partial charge in [0, 0.05) is 11.3 Å². The van der Waals surface area contributed by atoms with E-state index < -0.39 is 0 Å². The first-order valence-corrected chi connectivity index (χ1v) is 6.92. The van der Waals surface area contributed by atoms with Gasteiger partial charge in [0.2, 0.25) is 0 Å². The number of ether oxygens (including phenoxy) is 1. The molecule has 0 spiro atoms. The van der Waals surface area contributed by atoms with Crippen molar-refractivity contribution in [2.75, 3.05) is 12.8 Å². The highest BCUT2D eigenvalue weighted by molar-refractivity contribution is 5.78. The third-order valence-electron chi connectivity index (χ3n) is 3.87. The summed E-state index contributed by atoms with van der Waals surface area (Å²) in [5.41, 5.74) is 12.3. The molecule has 0 amide bonds. The number of aryl methyl sites for hydroxylation is 3. The first-order valence-electron chi connectivity index (χ1n) is 6.92. The number of nitrogens with zero attached hydrogens (tertiary/aromatic N) is 2. The molecule has 1 aromatic carbocycles. The molecule has 3 rings (SSSR count). The molecular formula is C17H19N3O. The van der Waals surface area contributed by atoms with Gasteiger partial charge >= 0.3 is 0 Å². The van der Waals surface area contributed by atoms with E-state index in [1.165, 1.54) is 0 Å². The van der Waals surface area contributed by atoms with Gasteiger partial charge in [-0.1, -0.05) is 6.07 Å². The van der Waals surface area contributed by atoms with Crippen molar-refractivity contribution in [3.63, 3.8) is 0 Å². The van der Waals surface area contributed by atoms with Gasteiger partial charge in [0.15, 0.2) is 0 Å². The standard InChI is InChI=1S/C17H19N3O/c1-10-9-14(21-4)11(2)8-13(10)16-17(18)20-12(3)6-5-7-15(20)19-16/h5-9H,18H2,1-4H3. The van der Waals surface area contributed by atoms with Gasteiger partial charge in [0.25, 0.3) is 0 Å². The molecule has 0 aliphatic heterocycles. The second kappa shape index (κ2) is 4.81. The highest BCUT2D eigenvalue weighted by atomic mass is 16.5. The minimum absolute atomic E-state index is 0.677. The highest BCUT2D eigenvalue weighted by Gasteiger charge is 2.15. The van der Waals surface area contributed by atoms with Crippen LogP contribution in [0.1, 0.15) is 16.8 Å². The Balaban J connectivity index is 2.28. The van der Waals surface area contributed by atoms with Crippen molar-refractivity contribution in [3.8, 4) is 17.0 Å². The van der Waals surface area contributed by atoms with Crippen molar-refractivity contribution in [2.45, 2.75) is 20.8 Å². The van der Waals surface area contributed by atoms with Gasteiger partial charge in [-0.15, -0.1) is 0 Å². The first kappa shape index (κ1) is 13.5. The lowest BCUT2D eigenvalue weighted by Crippen LogP contribution is -1.98. The van der Waals surface area contributed by atoms with Crippen molar-refractivity contribution in [3.05, 3.63) is 47.2 Å². The van der Waals surface area contributed by atoms with Gasteiger partial charge in [-0.3, -0.25) is 4.40 Å². The highest BCUT2D eigenvalue weighted by Crippen LogP contribution is 2.33. The summed E-state index contributed by atoms with van der Waals surface area (Å²) in [7, 11) is 1.68. The topological polar surface area (TPSA) is 52.5 Å². The number of benzene rings is 1. The maximum Gasteiger partial charge on any atom is 0.139 e. The number of hydrogen-bond donors (Lipinski definition) is 1. The minimum Gasteiger partial charge on any atom is -0.496 e. The summed E-state index contributed by atoms with van der Waals surface area (Å²) in [6, 6.07) is 10.1. The minimum atomic E-state index is 0.677. The van der Waals surface area contributed by atoms with E-state index in [1.54, 1.807) is 7.11 Å². The van der Waals surface area contributed by atoms with Crippen molar-refractivity contribution in [1.29, 1.82) is 0 Å². The van der Waals surface area contributed by atoms with E-state index in [0.29, 0.717) is 5.82 Å². The van der Waals surface area contributed by atoms with Crippen LogP contribution in [0.15, 0.2) is 30.3 Å². The molecule has 108 valence electrons. The zero-order valence-corrected chi connectivity index (χ0v) is 12.8. The van der Waals surface area contributed by atoms with Crippen LogP contribution in [0.4, 0.5) is 5.82 Å². The van der Waals surface area contributed by atoms with E-state index >= 15 is 0 Å². The molecule has 0 unspecified atom stereocenters. The van der Waals surface area contributed by atoms with Crippen LogP contribution < -0.4 is 10.5 Å². The van der Waals surface area contributed by atoms with Crippen LogP contribution in [-0.2, 0) is 0 Å². The Morgan fingerprint density at radius 2 is 1.86 bits per heavy atom. The Morgan fingerprint density at radius 1 is 1.10 bits per heavy atom. The van der Waals surface area contributed by atoms with Gasteiger partial charge in [-0.05, 0) is 56.2 Å². The molecule has 2 heterocycles. The van der Waals surface area contributed by atoms with Crippen LogP contribution in [0.2, 0.25) is 0 Å². The summed E-state index contributed by atoms with van der Waals surface area (Å²) < 4.78 is 7.35. The first-order chi connectivity index (χ1) is 10.0. The number of fused-ring (bicyclic) bond motifs is 1. The predicted molar refractivity (Wildman–Crippen MR) is 85.8 cm³/mol. The predicted octanol–water partition coefficient (Wildman–Crippen LogP) is 3.52. The van der Waals surface area contributed by atoms with Crippen molar-refractivity contribution >= 4 is 11.5 Å². The molecule has 21 heavy (non-hydrogen) atoms. The zero-order chi connectivity index (χ0) is 15.1. The SMILES string of the molecule is COc1cc(C)c(-c2nc3cccc(C)n3c2N)cc1C. The molecule has 0 fully saturated rings. The van der Waals surface area contributed by atoms with Gasteiger partial charge in [-0.2, -0.15) is 0 Å². The van der Waals surface area contributed by atoms with Gasteiger partial charge in [0.1, 0.15) is 22.9 Å². The molecule has 4 heteroatoms. The Kier molecular flexibility index (Phi) is 3.09. The summed E-state index contributed by atoms with van der Waals surface area (Å²) in [5.74, 6) is 1.56. The van der Waals surface area contributed by atoms with E-state index in [2.05, 4.69) is 6.07 Å². The number of aromatic nitrogens is 2. The van der Waals surface area contributed by atoms with E-state index in [0.717, 1.165) is 39.5 Å². The lowest BCUT2D eigenvalue weighted by Gasteiger charge is -2.10. The lowest BCUT2D eigenvalue weighted by molar-refractivity contribution is 0.411. The number of nitrogens with two attached hydrogens (primary N) is 1. The molecule has 0 bridgehead atoms. The van der Waals surface area contributed by atoms with E-state index in [-0.39, 0.29) is 0 Å². The monoisotopic (exact) mass is 281 g/mol. The number of nitrogen functional groups attached to an aromatic ring is 1. The van der Waals surface area contributed by atoms with E-state index in [1.807, 2.05) is 49.4 Å². The average molecular weight is 281 g/mol. The molecule has 2 N–H and O–H groups in total. The summed E-state index contributed by atoms with van der Waals surface area (Å²) in [4.78, 5) is 4.70. The molecule has 0 saturated carbocycles. The number of methoxy groups -OCH3 is 1. The lowest BCUT2D eigenvalue weighted by atomic mass is 10.0. The molecule has 0 aliphatic carbocycles. The Bertz CT molecular complexity index is 834. The second-order valence-electron chi connectivity index (χ2n) is 5.34. The third kappa shape index (κ3) is 2.03. The molecule has 3 aromatic rings. The number of imidazole rings is 1. The van der Waals surface area contributed by atoms with Crippen LogP contribution in [0.5, 0.6) is 5.75 Å². The van der Waals surface area contributed by atoms with Crippen LogP contribution in [0.3, 0.4) is 0 Å². The Morgan fingerprint density at radius 3 is 2.52 bits per heavy atom. The Labute approximate surface area is 124 Å². The summed E-state index contributed by atoms with van der Waals surface area (Å²) in [6.45, 7) is 6.10. The van der Waals surface area contributed by atoms with Crippen LogP contribution >= 0.6 is 0 Å². The number of hydrogen-bond acceptors (Lipinski definition) is 3. The maximum atomic E-state index is 6.33.